The lowest BCUT2D eigenvalue weighted by atomic mass is 10.0. The van der Waals surface area contributed by atoms with Gasteiger partial charge in [0.25, 0.3) is 0 Å². The van der Waals surface area contributed by atoms with Gasteiger partial charge in [-0.1, -0.05) is 24.6 Å². The lowest BCUT2D eigenvalue weighted by Crippen LogP contribution is -2.46. The number of para-hydroxylation sites is 2. The van der Waals surface area contributed by atoms with Gasteiger partial charge in [-0.15, -0.1) is 0 Å². The van der Waals surface area contributed by atoms with E-state index in [1.54, 1.807) is 19.2 Å². The molecule has 1 saturated heterocycles. The monoisotopic (exact) mass is 398 g/mol. The lowest BCUT2D eigenvalue weighted by molar-refractivity contribution is 0.0693. The van der Waals surface area contributed by atoms with Crippen molar-refractivity contribution in [3.63, 3.8) is 0 Å². The molecule has 6 nitrogen and oxygen atoms in total. The Bertz CT molecular complexity index is 816. The van der Waals surface area contributed by atoms with Crippen molar-refractivity contribution in [1.82, 2.24) is 4.90 Å². The number of aromatic carboxylic acids is 1. The summed E-state index contributed by atoms with van der Waals surface area (Å²) in [6, 6.07) is 13.0. The van der Waals surface area contributed by atoms with E-state index in [1.807, 2.05) is 12.1 Å². The fourth-order valence-corrected chi connectivity index (χ4v) is 3.85. The van der Waals surface area contributed by atoms with Crippen molar-refractivity contribution in [2.75, 3.05) is 44.7 Å². The van der Waals surface area contributed by atoms with Gasteiger partial charge in [-0.2, -0.15) is 0 Å². The van der Waals surface area contributed by atoms with Gasteiger partial charge >= 0.3 is 5.97 Å². The van der Waals surface area contributed by atoms with E-state index >= 15 is 0 Å². The van der Waals surface area contributed by atoms with Gasteiger partial charge in [-0.25, -0.2) is 4.79 Å². The average Bonchev–Trinajstić information content (AvgIpc) is 2.75. The summed E-state index contributed by atoms with van der Waals surface area (Å²) in [5.41, 5.74) is 2.12. The van der Waals surface area contributed by atoms with Crippen molar-refractivity contribution in [2.45, 2.75) is 25.7 Å². The number of anilines is 1. The van der Waals surface area contributed by atoms with Crippen LogP contribution in [0, 0.1) is 0 Å². The van der Waals surface area contributed by atoms with Crippen LogP contribution in [0.15, 0.2) is 42.5 Å². The molecule has 29 heavy (non-hydrogen) atoms. The highest BCUT2D eigenvalue weighted by atomic mass is 16.5. The van der Waals surface area contributed by atoms with E-state index < -0.39 is 5.97 Å². The molecule has 6 heteroatoms. The molecule has 2 aromatic rings. The number of aromatic hydroxyl groups is 1. The second kappa shape index (κ2) is 10.2. The number of hydrogen-bond acceptors (Lipinski definition) is 5. The van der Waals surface area contributed by atoms with Gasteiger partial charge in [-0.3, -0.25) is 4.90 Å². The Morgan fingerprint density at radius 3 is 2.52 bits per heavy atom. The van der Waals surface area contributed by atoms with Crippen LogP contribution in [-0.4, -0.2) is 60.9 Å². The zero-order valence-electron chi connectivity index (χ0n) is 17.0. The fourth-order valence-electron chi connectivity index (χ4n) is 3.85. The van der Waals surface area contributed by atoms with Crippen molar-refractivity contribution < 1.29 is 19.7 Å². The molecule has 3 rings (SSSR count). The normalized spacial score (nSPS) is 14.7. The summed E-state index contributed by atoms with van der Waals surface area (Å²) in [6.07, 6.45) is 4.10. The Morgan fingerprint density at radius 2 is 1.79 bits per heavy atom. The Labute approximate surface area is 172 Å². The number of carboxylic acid groups (broad SMARTS) is 1. The number of hydrogen-bond donors (Lipinski definition) is 2. The Hall–Kier alpha value is -2.73. The first-order valence-electron chi connectivity index (χ1n) is 10.2. The molecule has 2 N–H and O–H groups in total. The molecule has 1 aliphatic rings. The maximum absolute atomic E-state index is 11.1. The van der Waals surface area contributed by atoms with Crippen LogP contribution in [0.3, 0.4) is 0 Å². The Kier molecular flexibility index (Phi) is 7.36. The highest BCUT2D eigenvalue weighted by Crippen LogP contribution is 2.28. The number of nitrogens with zero attached hydrogens (tertiary/aromatic N) is 2. The van der Waals surface area contributed by atoms with Crippen LogP contribution in [0.2, 0.25) is 0 Å². The van der Waals surface area contributed by atoms with Crippen molar-refractivity contribution in [3.05, 3.63) is 53.6 Å². The van der Waals surface area contributed by atoms with E-state index in [-0.39, 0.29) is 11.3 Å². The number of piperazine rings is 1. The van der Waals surface area contributed by atoms with Crippen molar-refractivity contribution >= 4 is 11.7 Å². The molecule has 1 aliphatic heterocycles. The topological polar surface area (TPSA) is 73.2 Å². The fraction of sp³-hybridized carbons (Fsp3) is 0.435. The van der Waals surface area contributed by atoms with E-state index in [2.05, 4.69) is 21.9 Å². The standard InChI is InChI=1S/C23H30N2O4/c1-29-22-9-5-4-8-20(22)25-15-13-24(14-16-25)12-6-2-3-7-18-10-11-21(26)19(17-18)23(27)28/h4-5,8-11,17,26H,2-3,6-7,12-16H2,1H3,(H,27,28). The molecule has 0 spiro atoms. The van der Waals surface area contributed by atoms with Gasteiger partial charge in [0.1, 0.15) is 17.1 Å². The minimum atomic E-state index is -1.09. The summed E-state index contributed by atoms with van der Waals surface area (Å²) in [6.45, 7) is 5.21. The molecule has 0 aliphatic carbocycles. The summed E-state index contributed by atoms with van der Waals surface area (Å²) in [5, 5.41) is 18.7. The predicted molar refractivity (Wildman–Crippen MR) is 114 cm³/mol. The smallest absolute Gasteiger partial charge is 0.339 e. The molecule has 0 amide bonds. The van der Waals surface area contributed by atoms with E-state index in [9.17, 15) is 9.90 Å². The third-order valence-corrected chi connectivity index (χ3v) is 5.53. The molecule has 0 bridgehead atoms. The molecule has 0 unspecified atom stereocenters. The van der Waals surface area contributed by atoms with Crippen molar-refractivity contribution in [2.24, 2.45) is 0 Å². The lowest BCUT2D eigenvalue weighted by Gasteiger charge is -2.36. The van der Waals surface area contributed by atoms with Gasteiger partial charge in [0.15, 0.2) is 0 Å². The molecule has 156 valence electrons. The van der Waals surface area contributed by atoms with Crippen LogP contribution in [0.4, 0.5) is 5.69 Å². The van der Waals surface area contributed by atoms with Crippen LogP contribution < -0.4 is 9.64 Å². The van der Waals surface area contributed by atoms with Crippen LogP contribution in [0.5, 0.6) is 11.5 Å². The number of unbranched alkanes of at least 4 members (excludes halogenated alkanes) is 2. The molecular weight excluding hydrogens is 368 g/mol. The minimum Gasteiger partial charge on any atom is -0.507 e. The number of ether oxygens (including phenoxy) is 1. The van der Waals surface area contributed by atoms with Crippen molar-refractivity contribution in [1.29, 1.82) is 0 Å². The molecule has 1 heterocycles. The summed E-state index contributed by atoms with van der Waals surface area (Å²) >= 11 is 0. The van der Waals surface area contributed by atoms with E-state index in [4.69, 9.17) is 9.84 Å². The second-order valence-corrected chi connectivity index (χ2v) is 7.47. The number of benzene rings is 2. The highest BCUT2D eigenvalue weighted by molar-refractivity contribution is 5.90. The van der Waals surface area contributed by atoms with Gasteiger partial charge in [0.05, 0.1) is 12.8 Å². The number of phenols is 1. The first-order chi connectivity index (χ1) is 14.1. The highest BCUT2D eigenvalue weighted by Gasteiger charge is 2.19. The van der Waals surface area contributed by atoms with Gasteiger partial charge in [0, 0.05) is 26.2 Å². The van der Waals surface area contributed by atoms with Gasteiger partial charge < -0.3 is 19.8 Å². The Morgan fingerprint density at radius 1 is 1.03 bits per heavy atom. The van der Waals surface area contributed by atoms with Gasteiger partial charge in [0.2, 0.25) is 0 Å². The minimum absolute atomic E-state index is 0.0181. The number of methoxy groups -OCH3 is 1. The molecule has 0 aromatic heterocycles. The average molecular weight is 399 g/mol. The Balaban J connectivity index is 1.36. The third-order valence-electron chi connectivity index (χ3n) is 5.53. The maximum Gasteiger partial charge on any atom is 0.339 e. The maximum atomic E-state index is 11.1. The third kappa shape index (κ3) is 5.64. The quantitative estimate of drug-likeness (QED) is 0.629. The summed E-state index contributed by atoms with van der Waals surface area (Å²) in [5.74, 6) is -0.327. The first kappa shape index (κ1) is 21.0. The zero-order chi connectivity index (χ0) is 20.6. The molecular formula is C23H30N2O4. The number of aryl methyl sites for hydroxylation is 1. The largest absolute Gasteiger partial charge is 0.507 e. The second-order valence-electron chi connectivity index (χ2n) is 7.47. The molecule has 0 radical (unpaired) electrons. The zero-order valence-corrected chi connectivity index (χ0v) is 17.0. The van der Waals surface area contributed by atoms with Crippen LogP contribution >= 0.6 is 0 Å². The predicted octanol–water partition coefficient (Wildman–Crippen LogP) is 3.63. The number of rotatable bonds is 9. The van der Waals surface area contributed by atoms with E-state index in [1.165, 1.54) is 11.8 Å². The van der Waals surface area contributed by atoms with Crippen LogP contribution in [0.1, 0.15) is 35.2 Å². The SMILES string of the molecule is COc1ccccc1N1CCN(CCCCCc2ccc(O)c(C(=O)O)c2)CC1. The number of carboxylic acids is 1. The first-order valence-corrected chi connectivity index (χ1v) is 10.2. The molecule has 2 aromatic carbocycles. The van der Waals surface area contributed by atoms with E-state index in [0.29, 0.717) is 0 Å². The van der Waals surface area contributed by atoms with E-state index in [0.717, 1.165) is 69.7 Å². The molecule has 1 fully saturated rings. The van der Waals surface area contributed by atoms with Crippen molar-refractivity contribution in [3.8, 4) is 11.5 Å². The molecule has 0 atom stereocenters. The summed E-state index contributed by atoms with van der Waals surface area (Å²) in [4.78, 5) is 16.0. The summed E-state index contributed by atoms with van der Waals surface area (Å²) in [7, 11) is 1.72. The molecule has 0 saturated carbocycles. The van der Waals surface area contributed by atoms with Crippen LogP contribution in [-0.2, 0) is 6.42 Å². The van der Waals surface area contributed by atoms with Crippen LogP contribution in [0.25, 0.3) is 0 Å². The summed E-state index contributed by atoms with van der Waals surface area (Å²) < 4.78 is 5.48. The number of carbonyl (C=O) groups is 1. The van der Waals surface area contributed by atoms with Gasteiger partial charge in [-0.05, 0) is 55.6 Å².